The van der Waals surface area contributed by atoms with E-state index in [-0.39, 0.29) is 5.92 Å². The topological polar surface area (TPSA) is 79.5 Å². The molecule has 6 heteroatoms. The molecule has 21 heavy (non-hydrogen) atoms. The van der Waals surface area contributed by atoms with Crippen molar-refractivity contribution >= 4 is 5.97 Å². The van der Waals surface area contributed by atoms with E-state index in [1.165, 1.54) is 0 Å². The van der Waals surface area contributed by atoms with Crippen LogP contribution in [0.3, 0.4) is 0 Å². The summed E-state index contributed by atoms with van der Waals surface area (Å²) in [5.41, 5.74) is -0.652. The highest BCUT2D eigenvalue weighted by atomic mass is 16.5. The summed E-state index contributed by atoms with van der Waals surface area (Å²) < 4.78 is 5.27. The average molecular weight is 295 g/mol. The number of carboxylic acid groups (broad SMARTS) is 1. The van der Waals surface area contributed by atoms with Gasteiger partial charge >= 0.3 is 5.97 Å². The van der Waals surface area contributed by atoms with Gasteiger partial charge in [-0.05, 0) is 24.8 Å². The largest absolute Gasteiger partial charge is 0.481 e. The second-order valence-electron chi connectivity index (χ2n) is 6.78. The number of rotatable bonds is 6. The molecule has 1 saturated heterocycles. The van der Waals surface area contributed by atoms with Crippen LogP contribution in [0.2, 0.25) is 0 Å². The molecule has 1 atom stereocenters. The summed E-state index contributed by atoms with van der Waals surface area (Å²) in [6, 6.07) is 0. The minimum Gasteiger partial charge on any atom is -0.481 e. The van der Waals surface area contributed by atoms with E-state index in [9.17, 15) is 9.90 Å². The summed E-state index contributed by atoms with van der Waals surface area (Å²) in [6.45, 7) is 10.0. The fourth-order valence-corrected chi connectivity index (χ4v) is 2.94. The molecule has 0 radical (unpaired) electrons. The summed E-state index contributed by atoms with van der Waals surface area (Å²) in [5, 5.41) is 13.5. The molecule has 1 fully saturated rings. The summed E-state index contributed by atoms with van der Waals surface area (Å²) in [5.74, 6) is 1.20. The maximum Gasteiger partial charge on any atom is 0.311 e. The van der Waals surface area contributed by atoms with Crippen molar-refractivity contribution in [3.8, 4) is 0 Å². The fourth-order valence-electron chi connectivity index (χ4n) is 2.94. The SMILES string of the molecule is CC(C)Cc1noc(CN2CCC(C(=O)O)(C(C)C)C2)n1. The van der Waals surface area contributed by atoms with Gasteiger partial charge in [-0.2, -0.15) is 4.98 Å². The summed E-state index contributed by atoms with van der Waals surface area (Å²) in [6.07, 6.45) is 1.47. The molecule has 1 aliphatic heterocycles. The molecule has 0 amide bonds. The molecule has 1 N–H and O–H groups in total. The number of hydrogen-bond donors (Lipinski definition) is 1. The minimum absolute atomic E-state index is 0.110. The minimum atomic E-state index is -0.703. The molecule has 6 nitrogen and oxygen atoms in total. The van der Waals surface area contributed by atoms with Crippen LogP contribution < -0.4 is 0 Å². The van der Waals surface area contributed by atoms with Gasteiger partial charge in [-0.25, -0.2) is 0 Å². The van der Waals surface area contributed by atoms with Crippen LogP contribution in [0.5, 0.6) is 0 Å². The summed E-state index contributed by atoms with van der Waals surface area (Å²) in [7, 11) is 0. The van der Waals surface area contributed by atoms with E-state index in [0.717, 1.165) is 18.8 Å². The second kappa shape index (κ2) is 6.13. The van der Waals surface area contributed by atoms with E-state index in [1.54, 1.807) is 0 Å². The Bertz CT molecular complexity index is 498. The first kappa shape index (κ1) is 15.9. The lowest BCUT2D eigenvalue weighted by Gasteiger charge is -2.28. The maximum absolute atomic E-state index is 11.6. The Morgan fingerprint density at radius 3 is 2.67 bits per heavy atom. The Kier molecular flexibility index (Phi) is 4.66. The van der Waals surface area contributed by atoms with Crippen LogP contribution in [0.4, 0.5) is 0 Å². The molecule has 2 rings (SSSR count). The Labute approximate surface area is 125 Å². The van der Waals surface area contributed by atoms with Gasteiger partial charge in [-0.1, -0.05) is 32.9 Å². The van der Waals surface area contributed by atoms with Gasteiger partial charge in [0, 0.05) is 13.0 Å². The van der Waals surface area contributed by atoms with Gasteiger partial charge in [-0.3, -0.25) is 9.69 Å². The zero-order valence-corrected chi connectivity index (χ0v) is 13.3. The van der Waals surface area contributed by atoms with Crippen LogP contribution in [0.25, 0.3) is 0 Å². The number of nitrogens with zero attached hydrogens (tertiary/aromatic N) is 3. The summed E-state index contributed by atoms with van der Waals surface area (Å²) in [4.78, 5) is 18.1. The van der Waals surface area contributed by atoms with Gasteiger partial charge in [0.15, 0.2) is 5.82 Å². The highest BCUT2D eigenvalue weighted by molar-refractivity contribution is 5.75. The molecule has 1 aromatic heterocycles. The molecule has 2 heterocycles. The molecule has 118 valence electrons. The van der Waals surface area contributed by atoms with E-state index in [1.807, 2.05) is 13.8 Å². The molecule has 1 unspecified atom stereocenters. The highest BCUT2D eigenvalue weighted by Gasteiger charge is 2.47. The molecular formula is C15H25N3O3. The number of carbonyl (C=O) groups is 1. The molecule has 0 aromatic carbocycles. The Morgan fingerprint density at radius 1 is 1.43 bits per heavy atom. The molecule has 0 spiro atoms. The third-order valence-electron chi connectivity index (χ3n) is 4.37. The molecule has 0 aliphatic carbocycles. The van der Waals surface area contributed by atoms with Crippen LogP contribution >= 0.6 is 0 Å². The lowest BCUT2D eigenvalue weighted by molar-refractivity contribution is -0.151. The van der Waals surface area contributed by atoms with Gasteiger partial charge in [0.05, 0.1) is 12.0 Å². The van der Waals surface area contributed by atoms with Crippen LogP contribution in [0, 0.1) is 17.3 Å². The normalized spacial score (nSPS) is 23.3. The first-order valence-corrected chi connectivity index (χ1v) is 7.60. The number of likely N-dealkylation sites (tertiary alicyclic amines) is 1. The number of aliphatic carboxylic acids is 1. The second-order valence-corrected chi connectivity index (χ2v) is 6.78. The van der Waals surface area contributed by atoms with Crippen molar-refractivity contribution in [1.29, 1.82) is 0 Å². The van der Waals surface area contributed by atoms with Crippen LogP contribution in [0.15, 0.2) is 4.52 Å². The van der Waals surface area contributed by atoms with Crippen LogP contribution in [-0.4, -0.2) is 39.2 Å². The molecule has 1 aromatic rings. The quantitative estimate of drug-likeness (QED) is 0.866. The Balaban J connectivity index is 1.99. The maximum atomic E-state index is 11.6. The first-order valence-electron chi connectivity index (χ1n) is 7.60. The van der Waals surface area contributed by atoms with Crippen LogP contribution in [-0.2, 0) is 17.8 Å². The summed E-state index contributed by atoms with van der Waals surface area (Å²) >= 11 is 0. The highest BCUT2D eigenvalue weighted by Crippen LogP contribution is 2.38. The van der Waals surface area contributed by atoms with Gasteiger partial charge in [0.2, 0.25) is 5.89 Å². The van der Waals surface area contributed by atoms with E-state index in [2.05, 4.69) is 28.9 Å². The smallest absolute Gasteiger partial charge is 0.311 e. The van der Waals surface area contributed by atoms with E-state index >= 15 is 0 Å². The van der Waals surface area contributed by atoms with Crippen molar-refractivity contribution < 1.29 is 14.4 Å². The third-order valence-corrected chi connectivity index (χ3v) is 4.37. The predicted molar refractivity (Wildman–Crippen MR) is 77.6 cm³/mol. The predicted octanol–water partition coefficient (Wildman–Crippen LogP) is 2.20. The zero-order chi connectivity index (χ0) is 15.6. The number of aromatic nitrogens is 2. The van der Waals surface area contributed by atoms with Crippen molar-refractivity contribution in [3.63, 3.8) is 0 Å². The number of hydrogen-bond acceptors (Lipinski definition) is 5. The molecule has 0 bridgehead atoms. The van der Waals surface area contributed by atoms with Gasteiger partial charge in [-0.15, -0.1) is 0 Å². The van der Waals surface area contributed by atoms with Crippen molar-refractivity contribution in [3.05, 3.63) is 11.7 Å². The lowest BCUT2D eigenvalue weighted by atomic mass is 9.76. The molecular weight excluding hydrogens is 270 g/mol. The van der Waals surface area contributed by atoms with Crippen molar-refractivity contribution in [1.82, 2.24) is 15.0 Å². The standard InChI is InChI=1S/C15H25N3O3/c1-10(2)7-12-16-13(21-17-12)8-18-6-5-15(9-18,11(3)4)14(19)20/h10-11H,5-9H2,1-4H3,(H,19,20). The van der Waals surface area contributed by atoms with Crippen molar-refractivity contribution in [2.45, 2.75) is 47.1 Å². The van der Waals surface area contributed by atoms with E-state index < -0.39 is 11.4 Å². The van der Waals surface area contributed by atoms with Crippen molar-refractivity contribution in [2.75, 3.05) is 13.1 Å². The average Bonchev–Trinajstić information content (AvgIpc) is 2.97. The van der Waals surface area contributed by atoms with Crippen LogP contribution in [0.1, 0.15) is 45.8 Å². The van der Waals surface area contributed by atoms with E-state index in [0.29, 0.717) is 31.3 Å². The molecule has 1 aliphatic rings. The fraction of sp³-hybridized carbons (Fsp3) is 0.800. The zero-order valence-electron chi connectivity index (χ0n) is 13.3. The Hall–Kier alpha value is -1.43. The Morgan fingerprint density at radius 2 is 2.14 bits per heavy atom. The van der Waals surface area contributed by atoms with Gasteiger partial charge in [0.25, 0.3) is 0 Å². The third kappa shape index (κ3) is 3.43. The monoisotopic (exact) mass is 295 g/mol. The van der Waals surface area contributed by atoms with E-state index in [4.69, 9.17) is 4.52 Å². The first-order chi connectivity index (χ1) is 9.83. The number of carboxylic acids is 1. The van der Waals surface area contributed by atoms with Gasteiger partial charge in [0.1, 0.15) is 0 Å². The molecule has 0 saturated carbocycles. The van der Waals surface area contributed by atoms with Crippen molar-refractivity contribution in [2.24, 2.45) is 17.3 Å². The van der Waals surface area contributed by atoms with Gasteiger partial charge < -0.3 is 9.63 Å². The lowest BCUT2D eigenvalue weighted by Crippen LogP contribution is -2.39.